The van der Waals surface area contributed by atoms with Gasteiger partial charge in [0, 0.05) is 22.5 Å². The Morgan fingerprint density at radius 2 is 1.96 bits per heavy atom. The van der Waals surface area contributed by atoms with E-state index >= 15 is 0 Å². The molecule has 0 aliphatic heterocycles. The van der Waals surface area contributed by atoms with E-state index in [1.54, 1.807) is 7.11 Å². The molecule has 0 spiro atoms. The molecule has 23 heavy (non-hydrogen) atoms. The van der Waals surface area contributed by atoms with E-state index in [1.165, 1.54) is 0 Å². The van der Waals surface area contributed by atoms with Crippen molar-refractivity contribution >= 4 is 28.4 Å². The second-order valence-corrected chi connectivity index (χ2v) is 5.78. The van der Waals surface area contributed by atoms with E-state index in [9.17, 15) is 4.79 Å². The predicted molar refractivity (Wildman–Crippen MR) is 92.2 cm³/mol. The van der Waals surface area contributed by atoms with Crippen molar-refractivity contribution in [3.05, 3.63) is 64.3 Å². The van der Waals surface area contributed by atoms with E-state index in [-0.39, 0.29) is 5.91 Å². The predicted octanol–water partition coefficient (Wildman–Crippen LogP) is 4.07. The number of amides is 1. The molecular formula is C18H17ClN2O2. The number of halogens is 1. The van der Waals surface area contributed by atoms with Crippen LogP contribution in [0, 0.1) is 6.92 Å². The van der Waals surface area contributed by atoms with Gasteiger partial charge in [0.1, 0.15) is 11.4 Å². The van der Waals surface area contributed by atoms with Crippen LogP contribution in [0.4, 0.5) is 0 Å². The first-order valence-corrected chi connectivity index (χ1v) is 7.65. The lowest BCUT2D eigenvalue weighted by atomic mass is 10.1. The van der Waals surface area contributed by atoms with Gasteiger partial charge in [-0.3, -0.25) is 4.79 Å². The molecule has 2 N–H and O–H groups in total. The number of carbonyl (C=O) groups is 1. The summed E-state index contributed by atoms with van der Waals surface area (Å²) in [5, 5.41) is 4.59. The van der Waals surface area contributed by atoms with Crippen LogP contribution in [0.15, 0.2) is 42.5 Å². The van der Waals surface area contributed by atoms with Crippen molar-refractivity contribution < 1.29 is 9.53 Å². The van der Waals surface area contributed by atoms with Gasteiger partial charge < -0.3 is 15.0 Å². The Labute approximate surface area is 139 Å². The monoisotopic (exact) mass is 328 g/mol. The summed E-state index contributed by atoms with van der Waals surface area (Å²) in [6, 6.07) is 13.1. The summed E-state index contributed by atoms with van der Waals surface area (Å²) < 4.78 is 5.24. The number of ether oxygens (including phenoxy) is 1. The molecule has 2 aromatic carbocycles. The third kappa shape index (κ3) is 3.17. The van der Waals surface area contributed by atoms with Gasteiger partial charge in [0.2, 0.25) is 0 Å². The van der Waals surface area contributed by atoms with Crippen molar-refractivity contribution in [3.8, 4) is 5.75 Å². The van der Waals surface area contributed by atoms with Crippen LogP contribution in [0.5, 0.6) is 5.75 Å². The Morgan fingerprint density at radius 3 is 2.65 bits per heavy atom. The highest BCUT2D eigenvalue weighted by Crippen LogP contribution is 2.26. The van der Waals surface area contributed by atoms with Crippen LogP contribution in [-0.2, 0) is 6.54 Å². The second-order valence-electron chi connectivity index (χ2n) is 5.35. The van der Waals surface area contributed by atoms with E-state index in [1.807, 2.05) is 49.4 Å². The van der Waals surface area contributed by atoms with Crippen molar-refractivity contribution in [2.75, 3.05) is 7.11 Å². The van der Waals surface area contributed by atoms with Crippen molar-refractivity contribution in [2.24, 2.45) is 0 Å². The third-order valence-corrected chi connectivity index (χ3v) is 4.11. The van der Waals surface area contributed by atoms with E-state index in [0.717, 1.165) is 27.8 Å². The van der Waals surface area contributed by atoms with Gasteiger partial charge in [-0.25, -0.2) is 0 Å². The molecule has 0 aliphatic rings. The molecule has 0 saturated heterocycles. The number of methoxy groups -OCH3 is 1. The Hall–Kier alpha value is -2.46. The molecule has 0 fully saturated rings. The van der Waals surface area contributed by atoms with Gasteiger partial charge in [-0.1, -0.05) is 23.7 Å². The zero-order chi connectivity index (χ0) is 16.4. The number of rotatable bonds is 4. The van der Waals surface area contributed by atoms with Crippen LogP contribution in [0.3, 0.4) is 0 Å². The summed E-state index contributed by atoms with van der Waals surface area (Å²) in [5.74, 6) is 0.639. The van der Waals surface area contributed by atoms with Gasteiger partial charge in [0.25, 0.3) is 5.91 Å². The van der Waals surface area contributed by atoms with Gasteiger partial charge in [-0.05, 0) is 48.4 Å². The summed E-state index contributed by atoms with van der Waals surface area (Å²) in [7, 11) is 1.63. The summed E-state index contributed by atoms with van der Waals surface area (Å²) in [4.78, 5) is 15.6. The van der Waals surface area contributed by atoms with E-state index in [4.69, 9.17) is 16.3 Å². The molecular weight excluding hydrogens is 312 g/mol. The number of nitrogens with one attached hydrogen (secondary N) is 2. The van der Waals surface area contributed by atoms with Gasteiger partial charge in [-0.2, -0.15) is 0 Å². The minimum atomic E-state index is -0.132. The van der Waals surface area contributed by atoms with E-state index in [2.05, 4.69) is 10.3 Å². The summed E-state index contributed by atoms with van der Waals surface area (Å²) >= 11 is 5.86. The molecule has 3 rings (SSSR count). The zero-order valence-corrected chi connectivity index (χ0v) is 13.7. The first-order valence-electron chi connectivity index (χ1n) is 7.27. The Balaban J connectivity index is 1.80. The minimum Gasteiger partial charge on any atom is -0.497 e. The van der Waals surface area contributed by atoms with Crippen molar-refractivity contribution in [3.63, 3.8) is 0 Å². The standard InChI is InChI=1S/C18H17ClN2O2/c1-11-15-9-14(23-2)7-8-16(15)21-17(11)18(22)20-10-12-3-5-13(19)6-4-12/h3-9,21H,10H2,1-2H3,(H,20,22). The fourth-order valence-electron chi connectivity index (χ4n) is 2.53. The molecule has 1 heterocycles. The molecule has 118 valence electrons. The maximum Gasteiger partial charge on any atom is 0.268 e. The number of fused-ring (bicyclic) bond motifs is 1. The smallest absolute Gasteiger partial charge is 0.268 e. The lowest BCUT2D eigenvalue weighted by Gasteiger charge is -2.05. The van der Waals surface area contributed by atoms with Crippen LogP contribution >= 0.6 is 11.6 Å². The number of H-pyrrole nitrogens is 1. The number of aromatic amines is 1. The second kappa shape index (κ2) is 6.34. The Kier molecular flexibility index (Phi) is 4.26. The number of aromatic nitrogens is 1. The van der Waals surface area contributed by atoms with Gasteiger partial charge in [0.05, 0.1) is 7.11 Å². The van der Waals surface area contributed by atoms with Crippen molar-refractivity contribution in [1.29, 1.82) is 0 Å². The maximum absolute atomic E-state index is 12.4. The van der Waals surface area contributed by atoms with Gasteiger partial charge in [0.15, 0.2) is 0 Å². The zero-order valence-electron chi connectivity index (χ0n) is 12.9. The highest BCUT2D eigenvalue weighted by Gasteiger charge is 2.15. The summed E-state index contributed by atoms with van der Waals surface area (Å²) in [6.07, 6.45) is 0. The number of hydrogen-bond acceptors (Lipinski definition) is 2. The average Bonchev–Trinajstić information content (AvgIpc) is 2.90. The van der Waals surface area contributed by atoms with Crippen LogP contribution in [0.1, 0.15) is 21.6 Å². The molecule has 5 heteroatoms. The molecule has 1 aromatic heterocycles. The normalized spacial score (nSPS) is 10.7. The van der Waals surface area contributed by atoms with Gasteiger partial charge >= 0.3 is 0 Å². The van der Waals surface area contributed by atoms with E-state index < -0.39 is 0 Å². The number of carbonyl (C=O) groups excluding carboxylic acids is 1. The molecule has 0 atom stereocenters. The molecule has 0 aliphatic carbocycles. The molecule has 1 amide bonds. The molecule has 4 nitrogen and oxygen atoms in total. The number of benzene rings is 2. The molecule has 0 bridgehead atoms. The van der Waals surface area contributed by atoms with Crippen LogP contribution in [0.25, 0.3) is 10.9 Å². The summed E-state index contributed by atoms with van der Waals surface area (Å²) in [5.41, 5.74) is 3.40. The average molecular weight is 329 g/mol. The number of aryl methyl sites for hydroxylation is 1. The molecule has 0 radical (unpaired) electrons. The van der Waals surface area contributed by atoms with Crippen molar-refractivity contribution in [2.45, 2.75) is 13.5 Å². The Bertz CT molecular complexity index is 853. The Morgan fingerprint density at radius 1 is 1.22 bits per heavy atom. The maximum atomic E-state index is 12.4. The quantitative estimate of drug-likeness (QED) is 0.758. The minimum absolute atomic E-state index is 0.132. The fraction of sp³-hybridized carbons (Fsp3) is 0.167. The lowest BCUT2D eigenvalue weighted by Crippen LogP contribution is -2.23. The van der Waals surface area contributed by atoms with E-state index in [0.29, 0.717) is 17.3 Å². The SMILES string of the molecule is COc1ccc2[nH]c(C(=O)NCc3ccc(Cl)cc3)c(C)c2c1. The summed E-state index contributed by atoms with van der Waals surface area (Å²) in [6.45, 7) is 2.38. The first-order chi connectivity index (χ1) is 11.1. The first kappa shape index (κ1) is 15.4. The fourth-order valence-corrected chi connectivity index (χ4v) is 2.66. The largest absolute Gasteiger partial charge is 0.497 e. The van der Waals surface area contributed by atoms with Crippen LogP contribution < -0.4 is 10.1 Å². The highest BCUT2D eigenvalue weighted by molar-refractivity contribution is 6.30. The van der Waals surface area contributed by atoms with Crippen LogP contribution in [-0.4, -0.2) is 18.0 Å². The van der Waals surface area contributed by atoms with Crippen LogP contribution in [0.2, 0.25) is 5.02 Å². The third-order valence-electron chi connectivity index (χ3n) is 3.86. The van der Waals surface area contributed by atoms with Crippen molar-refractivity contribution in [1.82, 2.24) is 10.3 Å². The highest BCUT2D eigenvalue weighted by atomic mass is 35.5. The molecule has 0 saturated carbocycles. The topological polar surface area (TPSA) is 54.1 Å². The lowest BCUT2D eigenvalue weighted by molar-refractivity contribution is 0.0946. The molecule has 0 unspecified atom stereocenters. The molecule has 3 aromatic rings. The number of hydrogen-bond donors (Lipinski definition) is 2. The van der Waals surface area contributed by atoms with Gasteiger partial charge in [-0.15, -0.1) is 0 Å².